The van der Waals surface area contributed by atoms with E-state index in [9.17, 15) is 4.79 Å². The van der Waals surface area contributed by atoms with Gasteiger partial charge in [-0.15, -0.1) is 0 Å². The van der Waals surface area contributed by atoms with Crippen molar-refractivity contribution in [2.24, 2.45) is 5.92 Å². The second kappa shape index (κ2) is 24.7. The van der Waals surface area contributed by atoms with Crippen LogP contribution in [0.15, 0.2) is 0 Å². The first-order valence-electron chi connectivity index (χ1n) is 6.90. The minimum absolute atomic E-state index is 0. The Morgan fingerprint density at radius 1 is 1.00 bits per heavy atom. The Bertz CT molecular complexity index is 123. The molecule has 0 bridgehead atoms. The number of hydrogen-bond donors (Lipinski definition) is 0. The summed E-state index contributed by atoms with van der Waals surface area (Å²) < 4.78 is 4.84. The quantitative estimate of drug-likeness (QED) is 0.509. The molecule has 0 heterocycles. The average molecular weight is 243 g/mol. The molecule has 0 aliphatic rings. The smallest absolute Gasteiger partial charge is 0.305 e. The van der Waals surface area contributed by atoms with Crippen molar-refractivity contribution in [1.82, 2.24) is 0 Å². The summed E-state index contributed by atoms with van der Waals surface area (Å²) >= 11 is 0. The van der Waals surface area contributed by atoms with Gasteiger partial charge >= 0.3 is 5.97 Å². The fraction of sp³-hybridized carbons (Fsp3) is 0.929. The molecule has 103 valence electrons. The highest BCUT2D eigenvalue weighted by Crippen LogP contribution is 2.14. The highest BCUT2D eigenvalue weighted by molar-refractivity contribution is 5.75. The summed E-state index contributed by atoms with van der Waals surface area (Å²) in [4.78, 5) is 11.0. The Morgan fingerprint density at radius 3 is 1.71 bits per heavy atom. The molecule has 0 atom stereocenters. The molecular formula is C14H32BO2. The van der Waals surface area contributed by atoms with E-state index in [1.807, 2.05) is 34.6 Å². The fourth-order valence-electron chi connectivity index (χ4n) is 1.25. The summed E-state index contributed by atoms with van der Waals surface area (Å²) in [7, 11) is 0. The van der Waals surface area contributed by atoms with Gasteiger partial charge in [-0.05, 0) is 19.3 Å². The van der Waals surface area contributed by atoms with Gasteiger partial charge in [-0.1, -0.05) is 54.4 Å². The minimum Gasteiger partial charge on any atom is -0.466 e. The molecule has 0 aliphatic carbocycles. The Hall–Kier alpha value is -0.465. The maximum Gasteiger partial charge on any atom is 0.305 e. The van der Waals surface area contributed by atoms with Gasteiger partial charge in [0.25, 0.3) is 0 Å². The van der Waals surface area contributed by atoms with Gasteiger partial charge in [0.15, 0.2) is 0 Å². The van der Waals surface area contributed by atoms with Gasteiger partial charge in [-0.2, -0.15) is 0 Å². The number of hydrogen-bond acceptors (Lipinski definition) is 2. The lowest BCUT2D eigenvalue weighted by atomic mass is 9.98. The van der Waals surface area contributed by atoms with Crippen molar-refractivity contribution < 1.29 is 9.53 Å². The predicted molar refractivity (Wildman–Crippen MR) is 78.4 cm³/mol. The van der Waals surface area contributed by atoms with Gasteiger partial charge in [0.2, 0.25) is 0 Å². The highest BCUT2D eigenvalue weighted by Gasteiger charge is 2.07. The van der Waals surface area contributed by atoms with Crippen LogP contribution in [-0.2, 0) is 9.53 Å². The lowest BCUT2D eigenvalue weighted by Crippen LogP contribution is -2.07. The van der Waals surface area contributed by atoms with Crippen molar-refractivity contribution in [1.29, 1.82) is 0 Å². The fourth-order valence-corrected chi connectivity index (χ4v) is 1.25. The van der Waals surface area contributed by atoms with E-state index in [2.05, 4.69) is 13.8 Å². The van der Waals surface area contributed by atoms with Crippen LogP contribution in [0.5, 0.6) is 0 Å². The second-order valence-electron chi connectivity index (χ2n) is 3.03. The van der Waals surface area contributed by atoms with Crippen molar-refractivity contribution in [3.63, 3.8) is 0 Å². The Balaban J connectivity index is -0.000000152. The van der Waals surface area contributed by atoms with E-state index >= 15 is 0 Å². The SMILES string of the molecule is CC.CC.CCOC(=O)CCC(CC)CC.[B]. The van der Waals surface area contributed by atoms with Crippen LogP contribution in [0.1, 0.15) is 74.1 Å². The van der Waals surface area contributed by atoms with Gasteiger partial charge < -0.3 is 4.74 Å². The van der Waals surface area contributed by atoms with Gasteiger partial charge in [-0.3, -0.25) is 4.79 Å². The van der Waals surface area contributed by atoms with Crippen LogP contribution in [0.3, 0.4) is 0 Å². The summed E-state index contributed by atoms with van der Waals surface area (Å²) in [6.45, 7) is 14.7. The standard InChI is InChI=1S/C10H20O2.2C2H6.B/c1-4-9(5-2)7-8-10(11)12-6-3;2*1-2;/h9H,4-8H2,1-3H3;2*1-2H3;. The zero-order valence-electron chi connectivity index (χ0n) is 13.0. The zero-order valence-corrected chi connectivity index (χ0v) is 13.0. The molecule has 0 unspecified atom stereocenters. The molecule has 0 N–H and O–H groups in total. The molecular weight excluding hydrogens is 211 g/mol. The maximum absolute atomic E-state index is 11.0. The number of esters is 1. The summed E-state index contributed by atoms with van der Waals surface area (Å²) in [6, 6.07) is 0. The van der Waals surface area contributed by atoms with Crippen LogP contribution in [-0.4, -0.2) is 21.0 Å². The van der Waals surface area contributed by atoms with E-state index < -0.39 is 0 Å². The zero-order chi connectivity index (χ0) is 13.4. The first-order valence-corrected chi connectivity index (χ1v) is 6.90. The van der Waals surface area contributed by atoms with Crippen molar-refractivity contribution in [3.8, 4) is 0 Å². The van der Waals surface area contributed by atoms with Crippen molar-refractivity contribution in [3.05, 3.63) is 0 Å². The first-order chi connectivity index (χ1) is 7.74. The summed E-state index contributed by atoms with van der Waals surface area (Å²) in [5.41, 5.74) is 0. The van der Waals surface area contributed by atoms with Crippen LogP contribution < -0.4 is 0 Å². The normalized spacial score (nSPS) is 8.00. The van der Waals surface area contributed by atoms with E-state index in [-0.39, 0.29) is 14.4 Å². The highest BCUT2D eigenvalue weighted by atomic mass is 16.5. The molecule has 2 nitrogen and oxygen atoms in total. The average Bonchev–Trinajstić information content (AvgIpc) is 2.36. The molecule has 0 saturated heterocycles. The molecule has 0 aromatic carbocycles. The van der Waals surface area contributed by atoms with Crippen LogP contribution in [0.2, 0.25) is 0 Å². The number of ether oxygens (including phenoxy) is 1. The maximum atomic E-state index is 11.0. The summed E-state index contributed by atoms with van der Waals surface area (Å²) in [6.07, 6.45) is 3.89. The second-order valence-corrected chi connectivity index (χ2v) is 3.03. The number of carbonyl (C=O) groups is 1. The monoisotopic (exact) mass is 243 g/mol. The van der Waals surface area contributed by atoms with Gasteiger partial charge in [0, 0.05) is 14.8 Å². The molecule has 0 fully saturated rings. The van der Waals surface area contributed by atoms with Crippen molar-refractivity contribution >= 4 is 14.4 Å². The van der Waals surface area contributed by atoms with Gasteiger partial charge in [-0.25, -0.2) is 0 Å². The third-order valence-electron chi connectivity index (χ3n) is 2.22. The molecule has 0 aromatic heterocycles. The topological polar surface area (TPSA) is 26.3 Å². The first kappa shape index (κ1) is 25.4. The molecule has 0 saturated carbocycles. The van der Waals surface area contributed by atoms with E-state index in [4.69, 9.17) is 4.74 Å². The van der Waals surface area contributed by atoms with E-state index in [0.717, 1.165) is 19.3 Å². The summed E-state index contributed by atoms with van der Waals surface area (Å²) in [5.74, 6) is 0.638. The van der Waals surface area contributed by atoms with Crippen LogP contribution >= 0.6 is 0 Å². The van der Waals surface area contributed by atoms with Crippen LogP contribution in [0.25, 0.3) is 0 Å². The van der Waals surface area contributed by atoms with Crippen molar-refractivity contribution in [2.75, 3.05) is 6.61 Å². The molecule has 0 spiro atoms. The van der Waals surface area contributed by atoms with E-state index in [1.165, 1.54) is 0 Å². The third kappa shape index (κ3) is 21.4. The van der Waals surface area contributed by atoms with Crippen molar-refractivity contribution in [2.45, 2.75) is 74.1 Å². The predicted octanol–water partition coefficient (Wildman–Crippen LogP) is 4.44. The summed E-state index contributed by atoms with van der Waals surface area (Å²) in [5, 5.41) is 0. The van der Waals surface area contributed by atoms with Gasteiger partial charge in [0.1, 0.15) is 0 Å². The van der Waals surface area contributed by atoms with E-state index in [1.54, 1.807) is 0 Å². The molecule has 0 rings (SSSR count). The molecule has 17 heavy (non-hydrogen) atoms. The largest absolute Gasteiger partial charge is 0.466 e. The lowest BCUT2D eigenvalue weighted by molar-refractivity contribution is -0.143. The Labute approximate surface area is 111 Å². The van der Waals surface area contributed by atoms with Crippen LogP contribution in [0, 0.1) is 5.92 Å². The molecule has 3 heteroatoms. The molecule has 0 amide bonds. The number of rotatable bonds is 6. The number of carbonyl (C=O) groups excluding carboxylic acids is 1. The molecule has 3 radical (unpaired) electrons. The Kier molecular flexibility index (Phi) is 36.8. The molecule has 0 aliphatic heterocycles. The third-order valence-corrected chi connectivity index (χ3v) is 2.22. The van der Waals surface area contributed by atoms with Gasteiger partial charge in [0.05, 0.1) is 6.61 Å². The van der Waals surface area contributed by atoms with E-state index in [0.29, 0.717) is 18.9 Å². The Morgan fingerprint density at radius 2 is 1.41 bits per heavy atom. The molecule has 0 aromatic rings. The lowest BCUT2D eigenvalue weighted by Gasteiger charge is -2.10. The van der Waals surface area contributed by atoms with Crippen LogP contribution in [0.4, 0.5) is 0 Å². The minimum atomic E-state index is -0.0515.